The fourth-order valence-corrected chi connectivity index (χ4v) is 3.44. The van der Waals surface area contributed by atoms with Gasteiger partial charge in [-0.3, -0.25) is 14.6 Å². The van der Waals surface area contributed by atoms with Crippen LogP contribution in [0.2, 0.25) is 0 Å². The smallest absolute Gasteiger partial charge is 0.325 e. The van der Waals surface area contributed by atoms with Crippen molar-refractivity contribution in [2.24, 2.45) is 0 Å². The van der Waals surface area contributed by atoms with E-state index in [2.05, 4.69) is 20.4 Å². The summed E-state index contributed by atoms with van der Waals surface area (Å²) in [4.78, 5) is 32.6. The Morgan fingerprint density at radius 1 is 1.39 bits per heavy atom. The first kappa shape index (κ1) is 14.6. The summed E-state index contributed by atoms with van der Waals surface area (Å²) in [5.41, 5.74) is -0.787. The molecule has 1 spiro atoms. The first-order valence-electron chi connectivity index (χ1n) is 8.19. The minimum Gasteiger partial charge on any atom is -0.339 e. The maximum atomic E-state index is 12.6. The molecule has 3 fully saturated rings. The zero-order valence-electron chi connectivity index (χ0n) is 13.4. The molecule has 1 aromatic heterocycles. The van der Waals surface area contributed by atoms with Gasteiger partial charge in [0.15, 0.2) is 5.82 Å². The van der Waals surface area contributed by atoms with E-state index in [4.69, 9.17) is 4.52 Å². The third-order valence-electron chi connectivity index (χ3n) is 4.83. The minimum absolute atomic E-state index is 0.119. The fourth-order valence-electron chi connectivity index (χ4n) is 3.44. The van der Waals surface area contributed by atoms with Gasteiger partial charge in [-0.05, 0) is 33.1 Å². The highest BCUT2D eigenvalue weighted by molar-refractivity contribution is 6.07. The van der Waals surface area contributed by atoms with E-state index in [1.807, 2.05) is 13.8 Å². The number of nitrogens with one attached hydrogen (secondary N) is 1. The summed E-state index contributed by atoms with van der Waals surface area (Å²) in [6.45, 7) is 5.46. The van der Waals surface area contributed by atoms with Crippen LogP contribution in [0, 0.1) is 0 Å². The van der Waals surface area contributed by atoms with Gasteiger partial charge in [0, 0.05) is 25.0 Å². The zero-order chi connectivity index (χ0) is 16.2. The van der Waals surface area contributed by atoms with Crippen molar-refractivity contribution < 1.29 is 14.1 Å². The van der Waals surface area contributed by atoms with Crippen LogP contribution in [0.3, 0.4) is 0 Å². The number of aromatic nitrogens is 2. The van der Waals surface area contributed by atoms with E-state index in [0.717, 1.165) is 25.3 Å². The predicted molar refractivity (Wildman–Crippen MR) is 79.4 cm³/mol. The van der Waals surface area contributed by atoms with Crippen molar-refractivity contribution >= 4 is 11.9 Å². The number of likely N-dealkylation sites (tertiary alicyclic amines) is 1. The van der Waals surface area contributed by atoms with Gasteiger partial charge in [-0.15, -0.1) is 0 Å². The Labute approximate surface area is 134 Å². The zero-order valence-corrected chi connectivity index (χ0v) is 13.4. The van der Waals surface area contributed by atoms with Crippen molar-refractivity contribution in [2.45, 2.75) is 57.2 Å². The van der Waals surface area contributed by atoms with Gasteiger partial charge in [-0.1, -0.05) is 5.16 Å². The molecule has 1 aliphatic carbocycles. The number of nitrogens with zero attached hydrogens (tertiary/aromatic N) is 4. The molecule has 1 N–H and O–H groups in total. The second-order valence-electron chi connectivity index (χ2n) is 7.06. The van der Waals surface area contributed by atoms with Crippen LogP contribution in [0.4, 0.5) is 4.79 Å². The molecule has 8 heteroatoms. The molecule has 3 amide bonds. The highest BCUT2D eigenvalue weighted by Crippen LogP contribution is 2.39. The third-order valence-corrected chi connectivity index (χ3v) is 4.83. The molecule has 0 bridgehead atoms. The molecule has 23 heavy (non-hydrogen) atoms. The number of hydrogen-bond acceptors (Lipinski definition) is 6. The van der Waals surface area contributed by atoms with Gasteiger partial charge in [0.1, 0.15) is 5.54 Å². The number of amides is 3. The van der Waals surface area contributed by atoms with Gasteiger partial charge in [-0.2, -0.15) is 4.98 Å². The first-order chi connectivity index (χ1) is 11.0. The van der Waals surface area contributed by atoms with Crippen LogP contribution in [-0.4, -0.2) is 56.5 Å². The second kappa shape index (κ2) is 5.02. The molecule has 1 saturated carbocycles. The molecule has 0 radical (unpaired) electrons. The fraction of sp³-hybridized carbons (Fsp3) is 0.733. The van der Waals surface area contributed by atoms with Gasteiger partial charge >= 0.3 is 6.03 Å². The van der Waals surface area contributed by atoms with Crippen LogP contribution in [-0.2, 0) is 11.3 Å². The van der Waals surface area contributed by atoms with E-state index in [9.17, 15) is 9.59 Å². The van der Waals surface area contributed by atoms with Crippen LogP contribution >= 0.6 is 0 Å². The van der Waals surface area contributed by atoms with Crippen molar-refractivity contribution in [3.8, 4) is 0 Å². The monoisotopic (exact) mass is 319 g/mol. The number of hydrogen-bond donors (Lipinski definition) is 1. The van der Waals surface area contributed by atoms with Crippen LogP contribution in [0.25, 0.3) is 0 Å². The summed E-state index contributed by atoms with van der Waals surface area (Å²) in [5, 5.41) is 6.91. The quantitative estimate of drug-likeness (QED) is 0.827. The molecule has 8 nitrogen and oxygen atoms in total. The summed E-state index contributed by atoms with van der Waals surface area (Å²) < 4.78 is 5.27. The highest BCUT2D eigenvalue weighted by atomic mass is 16.5. The van der Waals surface area contributed by atoms with Crippen molar-refractivity contribution in [3.63, 3.8) is 0 Å². The lowest BCUT2D eigenvalue weighted by Crippen LogP contribution is -2.49. The first-order valence-corrected chi connectivity index (χ1v) is 8.19. The number of carbonyl (C=O) groups excluding carboxylic acids is 2. The minimum atomic E-state index is -0.787. The van der Waals surface area contributed by atoms with Crippen LogP contribution in [0.1, 0.15) is 50.7 Å². The van der Waals surface area contributed by atoms with Crippen molar-refractivity contribution in [2.75, 3.05) is 13.1 Å². The van der Waals surface area contributed by atoms with Crippen LogP contribution in [0.5, 0.6) is 0 Å². The summed E-state index contributed by atoms with van der Waals surface area (Å²) in [6, 6.07) is -0.420. The predicted octanol–water partition coefficient (Wildman–Crippen LogP) is 0.852. The van der Waals surface area contributed by atoms with E-state index in [1.165, 1.54) is 4.90 Å². The number of rotatable bonds is 4. The Kier molecular flexibility index (Phi) is 3.19. The maximum Gasteiger partial charge on any atom is 0.325 e. The van der Waals surface area contributed by atoms with Crippen molar-refractivity contribution in [1.29, 1.82) is 0 Å². The molecule has 2 saturated heterocycles. The van der Waals surface area contributed by atoms with Crippen LogP contribution < -0.4 is 5.32 Å². The average molecular weight is 319 g/mol. The summed E-state index contributed by atoms with van der Waals surface area (Å²) in [7, 11) is 0. The molecule has 0 aromatic carbocycles. The Morgan fingerprint density at radius 2 is 2.17 bits per heavy atom. The maximum absolute atomic E-state index is 12.6. The molecule has 1 atom stereocenters. The lowest BCUT2D eigenvalue weighted by Gasteiger charge is -2.22. The number of imide groups is 1. The Bertz CT molecular complexity index is 653. The van der Waals surface area contributed by atoms with E-state index < -0.39 is 5.54 Å². The van der Waals surface area contributed by atoms with E-state index in [0.29, 0.717) is 31.3 Å². The normalized spacial score (nSPS) is 28.4. The van der Waals surface area contributed by atoms with Gasteiger partial charge in [0.25, 0.3) is 5.91 Å². The lowest BCUT2D eigenvalue weighted by molar-refractivity contribution is -0.132. The molecule has 4 rings (SSSR count). The molecule has 3 aliphatic rings. The molecule has 1 aromatic rings. The summed E-state index contributed by atoms with van der Waals surface area (Å²) in [6.07, 6.45) is 2.87. The van der Waals surface area contributed by atoms with Crippen molar-refractivity contribution in [3.05, 3.63) is 11.7 Å². The van der Waals surface area contributed by atoms with Gasteiger partial charge < -0.3 is 9.84 Å². The van der Waals surface area contributed by atoms with E-state index >= 15 is 0 Å². The average Bonchev–Trinajstić information content (AvgIpc) is 3.02. The SMILES string of the molecule is CC(C)N1C(=O)NC2(CCN(Cc3noc(C4CC4)n3)C2)C1=O. The third kappa shape index (κ3) is 2.41. The van der Waals surface area contributed by atoms with E-state index in [-0.39, 0.29) is 18.0 Å². The molecule has 1 unspecified atom stereocenters. The Balaban J connectivity index is 1.44. The lowest BCUT2D eigenvalue weighted by atomic mass is 9.99. The molecule has 2 aliphatic heterocycles. The van der Waals surface area contributed by atoms with E-state index in [1.54, 1.807) is 0 Å². The Morgan fingerprint density at radius 3 is 2.83 bits per heavy atom. The highest BCUT2D eigenvalue weighted by Gasteiger charge is 2.55. The number of carbonyl (C=O) groups is 2. The standard InChI is InChI=1S/C15H21N5O3/c1-9(2)20-13(21)15(17-14(20)22)5-6-19(8-15)7-11-16-12(23-18-11)10-3-4-10/h9-10H,3-8H2,1-2H3,(H,17,22). The summed E-state index contributed by atoms with van der Waals surface area (Å²) >= 11 is 0. The molecular weight excluding hydrogens is 298 g/mol. The topological polar surface area (TPSA) is 91.6 Å². The molecule has 124 valence electrons. The van der Waals surface area contributed by atoms with Crippen LogP contribution in [0.15, 0.2) is 4.52 Å². The van der Waals surface area contributed by atoms with Crippen molar-refractivity contribution in [1.82, 2.24) is 25.3 Å². The van der Waals surface area contributed by atoms with Gasteiger partial charge in [0.05, 0.1) is 6.54 Å². The van der Waals surface area contributed by atoms with Gasteiger partial charge in [0.2, 0.25) is 5.89 Å². The number of urea groups is 1. The summed E-state index contributed by atoms with van der Waals surface area (Å²) in [5.74, 6) is 1.70. The largest absolute Gasteiger partial charge is 0.339 e. The second-order valence-corrected chi connectivity index (χ2v) is 7.06. The molecule has 3 heterocycles. The Hall–Kier alpha value is -1.96. The van der Waals surface area contributed by atoms with Gasteiger partial charge in [-0.25, -0.2) is 4.79 Å². The molecular formula is C15H21N5O3.